The summed E-state index contributed by atoms with van der Waals surface area (Å²) in [6.45, 7) is 4.07. The number of aryl methyl sites for hydroxylation is 2. The zero-order chi connectivity index (χ0) is 22.7. The summed E-state index contributed by atoms with van der Waals surface area (Å²) in [7, 11) is 0. The van der Waals surface area contributed by atoms with E-state index in [0.717, 1.165) is 42.5 Å². The van der Waals surface area contributed by atoms with Crippen LogP contribution in [0.4, 0.5) is 5.69 Å². The number of amides is 2. The van der Waals surface area contributed by atoms with Crippen LogP contribution in [0.3, 0.4) is 0 Å². The molecule has 6 rings (SSSR count). The first-order valence-electron chi connectivity index (χ1n) is 12.1. The smallest absolute Gasteiger partial charge is 0.246 e. The van der Waals surface area contributed by atoms with E-state index in [-0.39, 0.29) is 29.9 Å². The molecular formula is C28H30N2O3. The number of hydrogen-bond donors (Lipinski definition) is 1. The molecule has 2 aromatic carbocycles. The van der Waals surface area contributed by atoms with Crippen LogP contribution in [0.1, 0.15) is 48.3 Å². The topological polar surface area (TPSA) is 58.6 Å². The van der Waals surface area contributed by atoms with Gasteiger partial charge in [0.05, 0.1) is 12.0 Å². The second-order valence-corrected chi connectivity index (χ2v) is 10.1. The van der Waals surface area contributed by atoms with Gasteiger partial charge in [0.15, 0.2) is 0 Å². The van der Waals surface area contributed by atoms with Crippen LogP contribution in [0.2, 0.25) is 0 Å². The van der Waals surface area contributed by atoms with Crippen molar-refractivity contribution in [2.45, 2.75) is 69.2 Å². The van der Waals surface area contributed by atoms with Crippen molar-refractivity contribution in [3.8, 4) is 0 Å². The van der Waals surface area contributed by atoms with E-state index in [4.69, 9.17) is 4.74 Å². The van der Waals surface area contributed by atoms with Gasteiger partial charge in [0.25, 0.3) is 0 Å². The van der Waals surface area contributed by atoms with Crippen molar-refractivity contribution in [2.24, 2.45) is 5.92 Å². The fourth-order valence-electron chi connectivity index (χ4n) is 6.45. The number of nitrogens with one attached hydrogen (secondary N) is 1. The lowest BCUT2D eigenvalue weighted by atomic mass is 9.72. The van der Waals surface area contributed by atoms with Crippen LogP contribution >= 0.6 is 0 Å². The first-order chi connectivity index (χ1) is 16.0. The van der Waals surface area contributed by atoms with E-state index in [2.05, 4.69) is 42.6 Å². The number of nitrogens with zero attached hydrogens (tertiary/aromatic N) is 1. The molecule has 1 aliphatic carbocycles. The number of ether oxygens (including phenoxy) is 1. The van der Waals surface area contributed by atoms with Crippen LogP contribution in [0.5, 0.6) is 0 Å². The van der Waals surface area contributed by atoms with Gasteiger partial charge in [-0.15, -0.1) is 0 Å². The molecule has 2 amide bonds. The third-order valence-corrected chi connectivity index (χ3v) is 7.97. The highest BCUT2D eigenvalue weighted by Crippen LogP contribution is 2.59. The molecule has 5 nitrogen and oxygen atoms in total. The van der Waals surface area contributed by atoms with Gasteiger partial charge in [0, 0.05) is 17.6 Å². The predicted octanol–water partition coefficient (Wildman–Crippen LogP) is 4.18. The Labute approximate surface area is 194 Å². The molecule has 2 saturated heterocycles. The highest BCUT2D eigenvalue weighted by atomic mass is 16.5. The van der Waals surface area contributed by atoms with Crippen LogP contribution in [0, 0.1) is 19.8 Å². The maximum Gasteiger partial charge on any atom is 0.246 e. The first kappa shape index (κ1) is 20.7. The number of carbonyl (C=O) groups excluding carboxylic acids is 2. The fourth-order valence-corrected chi connectivity index (χ4v) is 6.45. The quantitative estimate of drug-likeness (QED) is 0.723. The Morgan fingerprint density at radius 3 is 2.55 bits per heavy atom. The van der Waals surface area contributed by atoms with Crippen LogP contribution in [-0.4, -0.2) is 35.6 Å². The van der Waals surface area contributed by atoms with E-state index in [9.17, 15) is 9.59 Å². The molecule has 1 N–H and O–H groups in total. The molecular weight excluding hydrogens is 412 g/mol. The minimum Gasteiger partial charge on any atom is -0.359 e. The number of anilines is 1. The van der Waals surface area contributed by atoms with Gasteiger partial charge in [-0.05, 0) is 49.9 Å². The highest BCUT2D eigenvalue weighted by molar-refractivity contribution is 6.09. The number of rotatable bonds is 4. The maximum atomic E-state index is 14.1. The van der Waals surface area contributed by atoms with Crippen LogP contribution < -0.4 is 10.2 Å². The third-order valence-electron chi connectivity index (χ3n) is 7.97. The van der Waals surface area contributed by atoms with Crippen molar-refractivity contribution in [1.82, 2.24) is 5.32 Å². The number of carbonyl (C=O) groups is 2. The Kier molecular flexibility index (Phi) is 4.73. The molecule has 0 radical (unpaired) electrons. The zero-order valence-electron chi connectivity index (χ0n) is 19.2. The second-order valence-electron chi connectivity index (χ2n) is 10.1. The molecule has 2 aromatic rings. The van der Waals surface area contributed by atoms with Gasteiger partial charge in [-0.3, -0.25) is 14.5 Å². The number of benzene rings is 2. The van der Waals surface area contributed by atoms with Gasteiger partial charge in [0.2, 0.25) is 11.8 Å². The van der Waals surface area contributed by atoms with E-state index < -0.39 is 17.6 Å². The van der Waals surface area contributed by atoms with Crippen molar-refractivity contribution in [1.29, 1.82) is 0 Å². The summed E-state index contributed by atoms with van der Waals surface area (Å²) in [5.74, 6) is -0.645. The first-order valence-corrected chi connectivity index (χ1v) is 12.1. The Bertz CT molecular complexity index is 1130. The van der Waals surface area contributed by atoms with Gasteiger partial charge >= 0.3 is 0 Å². The Balaban J connectivity index is 1.45. The van der Waals surface area contributed by atoms with Crippen LogP contribution in [0.25, 0.3) is 0 Å². The monoisotopic (exact) mass is 442 g/mol. The Hall–Kier alpha value is -2.92. The normalized spacial score (nSPS) is 32.5. The molecule has 4 aliphatic rings. The van der Waals surface area contributed by atoms with E-state index >= 15 is 0 Å². The van der Waals surface area contributed by atoms with E-state index in [1.807, 2.05) is 37.3 Å². The predicted molar refractivity (Wildman–Crippen MR) is 127 cm³/mol. The highest BCUT2D eigenvalue weighted by Gasteiger charge is 2.71. The van der Waals surface area contributed by atoms with Gasteiger partial charge in [-0.2, -0.15) is 0 Å². The summed E-state index contributed by atoms with van der Waals surface area (Å²) in [6.07, 6.45) is 8.14. The van der Waals surface area contributed by atoms with Crippen molar-refractivity contribution < 1.29 is 14.3 Å². The Morgan fingerprint density at radius 1 is 1.06 bits per heavy atom. The summed E-state index contributed by atoms with van der Waals surface area (Å²) in [6, 6.07) is 15.7. The van der Waals surface area contributed by atoms with Crippen LogP contribution in [-0.2, 0) is 14.3 Å². The summed E-state index contributed by atoms with van der Waals surface area (Å²) in [5.41, 5.74) is 3.15. The molecule has 3 heterocycles. The third kappa shape index (κ3) is 3.09. The lowest BCUT2D eigenvalue weighted by Gasteiger charge is -2.33. The molecule has 33 heavy (non-hydrogen) atoms. The second kappa shape index (κ2) is 7.56. The lowest BCUT2D eigenvalue weighted by Crippen LogP contribution is -2.56. The maximum absolute atomic E-state index is 14.1. The molecule has 1 spiro atoms. The van der Waals surface area contributed by atoms with Crippen LogP contribution in [0.15, 0.2) is 60.7 Å². The average Bonchev–Trinajstić information content (AvgIpc) is 3.56. The van der Waals surface area contributed by atoms with Crippen molar-refractivity contribution in [3.05, 3.63) is 77.4 Å². The van der Waals surface area contributed by atoms with Crippen molar-refractivity contribution in [3.63, 3.8) is 0 Å². The molecule has 5 heteroatoms. The largest absolute Gasteiger partial charge is 0.359 e. The van der Waals surface area contributed by atoms with E-state index in [1.165, 1.54) is 5.56 Å². The van der Waals surface area contributed by atoms with Gasteiger partial charge < -0.3 is 10.1 Å². The molecule has 1 saturated carbocycles. The summed E-state index contributed by atoms with van der Waals surface area (Å²) < 4.78 is 6.60. The number of hydrogen-bond acceptors (Lipinski definition) is 3. The van der Waals surface area contributed by atoms with Gasteiger partial charge in [-0.25, -0.2) is 0 Å². The molecule has 0 aromatic heterocycles. The zero-order valence-corrected chi connectivity index (χ0v) is 19.2. The fraction of sp³-hybridized carbons (Fsp3) is 0.429. The van der Waals surface area contributed by atoms with E-state index in [1.54, 1.807) is 4.90 Å². The van der Waals surface area contributed by atoms with Crippen molar-refractivity contribution >= 4 is 17.5 Å². The summed E-state index contributed by atoms with van der Waals surface area (Å²) in [5, 5.41) is 3.26. The van der Waals surface area contributed by atoms with Crippen molar-refractivity contribution in [2.75, 3.05) is 4.90 Å². The average molecular weight is 443 g/mol. The molecule has 3 aliphatic heterocycles. The molecule has 170 valence electrons. The molecule has 0 unspecified atom stereocenters. The molecule has 3 fully saturated rings. The minimum atomic E-state index is -0.941. The minimum absolute atomic E-state index is 0.0235. The number of fused-ring (bicyclic) bond motifs is 1. The van der Waals surface area contributed by atoms with Gasteiger partial charge in [-0.1, -0.05) is 67.0 Å². The van der Waals surface area contributed by atoms with E-state index in [0.29, 0.717) is 0 Å². The summed E-state index contributed by atoms with van der Waals surface area (Å²) in [4.78, 5) is 29.6. The SMILES string of the molecule is Cc1ccc([C@@H]2[C@@H]3C=C[C@]4(O3)[C@@H]2C(=O)N(c2cccc(C)c2)[C@@H]4C(=O)NC2CCCC2)cc1. The lowest BCUT2D eigenvalue weighted by molar-refractivity contribution is -0.127. The summed E-state index contributed by atoms with van der Waals surface area (Å²) >= 11 is 0. The molecule has 2 bridgehead atoms. The van der Waals surface area contributed by atoms with Gasteiger partial charge in [0.1, 0.15) is 11.6 Å². The Morgan fingerprint density at radius 2 is 1.82 bits per heavy atom. The standard InChI is InChI=1S/C28H30N2O3/c1-17-10-12-19(13-11-17)23-22-14-15-28(33-22)24(23)27(32)30(21-9-5-6-18(2)16-21)25(28)26(31)29-20-7-3-4-8-20/h5-6,9-16,20,22-25H,3-4,7-8H2,1-2H3,(H,29,31)/t22-,23+,24-,25+,28-/m0/s1. The molecule has 5 atom stereocenters.